The Labute approximate surface area is 141 Å². The number of aromatic nitrogens is 3. The molecule has 3 rings (SSSR count). The van der Waals surface area contributed by atoms with Crippen LogP contribution in [0.3, 0.4) is 0 Å². The highest BCUT2D eigenvalue weighted by Gasteiger charge is 2.15. The van der Waals surface area contributed by atoms with Gasteiger partial charge in [0.2, 0.25) is 5.89 Å². The van der Waals surface area contributed by atoms with Crippen molar-refractivity contribution < 1.29 is 4.42 Å². The molecule has 0 saturated carbocycles. The van der Waals surface area contributed by atoms with Crippen molar-refractivity contribution in [3.05, 3.63) is 54.4 Å². The van der Waals surface area contributed by atoms with Crippen molar-refractivity contribution in [2.75, 3.05) is 0 Å². The third-order valence-electron chi connectivity index (χ3n) is 3.52. The van der Waals surface area contributed by atoms with Gasteiger partial charge in [0.1, 0.15) is 0 Å². The molecule has 1 aromatic carbocycles. The molecule has 2 aromatic heterocycles. The van der Waals surface area contributed by atoms with E-state index in [1.165, 1.54) is 10.8 Å². The van der Waals surface area contributed by atoms with E-state index in [9.17, 15) is 0 Å². The lowest BCUT2D eigenvalue weighted by molar-refractivity contribution is 0.466. The molecule has 0 saturated heterocycles. The Hall–Kier alpha value is -1.92. The van der Waals surface area contributed by atoms with Crippen LogP contribution in [0.2, 0.25) is 19.6 Å². The number of rotatable bonds is 5. The molecule has 2 heterocycles. The first-order valence-electron chi connectivity index (χ1n) is 7.48. The first-order valence-corrected chi connectivity index (χ1v) is 12.0. The summed E-state index contributed by atoms with van der Waals surface area (Å²) in [4.78, 5) is 3.99. The van der Waals surface area contributed by atoms with Gasteiger partial charge in [-0.15, -0.1) is 10.2 Å². The van der Waals surface area contributed by atoms with Crippen molar-refractivity contribution in [3.8, 4) is 11.5 Å². The van der Waals surface area contributed by atoms with E-state index in [0.29, 0.717) is 11.1 Å². The Morgan fingerprint density at radius 3 is 2.30 bits per heavy atom. The number of benzene rings is 1. The minimum atomic E-state index is -1.23. The van der Waals surface area contributed by atoms with Gasteiger partial charge in [0.05, 0.1) is 8.07 Å². The summed E-state index contributed by atoms with van der Waals surface area (Å²) in [5.41, 5.74) is 2.15. The molecule has 6 heteroatoms. The van der Waals surface area contributed by atoms with Crippen LogP contribution in [-0.4, -0.2) is 23.3 Å². The fourth-order valence-electron chi connectivity index (χ4n) is 2.13. The van der Waals surface area contributed by atoms with Gasteiger partial charge in [0.25, 0.3) is 5.22 Å². The fraction of sp³-hybridized carbons (Fsp3) is 0.235. The van der Waals surface area contributed by atoms with Gasteiger partial charge in [0, 0.05) is 23.7 Å². The number of hydrogen-bond donors (Lipinski definition) is 0. The van der Waals surface area contributed by atoms with Crippen LogP contribution in [0.15, 0.2) is 58.4 Å². The lowest BCUT2D eigenvalue weighted by Crippen LogP contribution is -2.37. The zero-order chi connectivity index (χ0) is 16.3. The fourth-order valence-corrected chi connectivity index (χ4v) is 4.01. The predicted octanol–water partition coefficient (Wildman–Crippen LogP) is 3.97. The van der Waals surface area contributed by atoms with Crippen molar-refractivity contribution in [3.63, 3.8) is 0 Å². The van der Waals surface area contributed by atoms with E-state index in [4.69, 9.17) is 4.42 Å². The van der Waals surface area contributed by atoms with Crippen LogP contribution in [0.5, 0.6) is 0 Å². The van der Waals surface area contributed by atoms with Crippen LogP contribution >= 0.6 is 11.8 Å². The summed E-state index contributed by atoms with van der Waals surface area (Å²) in [5, 5.41) is 10.2. The average Bonchev–Trinajstić information content (AvgIpc) is 3.02. The molecule has 0 unspecified atom stereocenters. The second kappa shape index (κ2) is 6.68. The van der Waals surface area contributed by atoms with E-state index in [-0.39, 0.29) is 0 Å². The van der Waals surface area contributed by atoms with Crippen LogP contribution in [0, 0.1) is 0 Å². The average molecular weight is 342 g/mol. The Morgan fingerprint density at radius 2 is 1.65 bits per heavy atom. The number of pyridine rings is 1. The topological polar surface area (TPSA) is 51.8 Å². The number of thioether (sulfide) groups is 1. The molecule has 0 spiro atoms. The second-order valence-corrected chi connectivity index (χ2v) is 12.3. The van der Waals surface area contributed by atoms with E-state index in [0.717, 1.165) is 11.3 Å². The second-order valence-electron chi connectivity index (χ2n) is 6.34. The Kier molecular flexibility index (Phi) is 4.63. The number of nitrogens with zero attached hydrogens (tertiary/aromatic N) is 3. The molecule has 0 fully saturated rings. The van der Waals surface area contributed by atoms with Crippen LogP contribution in [-0.2, 0) is 5.75 Å². The lowest BCUT2D eigenvalue weighted by atomic mass is 10.2. The highest BCUT2D eigenvalue weighted by atomic mass is 32.2. The van der Waals surface area contributed by atoms with E-state index in [1.54, 1.807) is 24.2 Å². The van der Waals surface area contributed by atoms with Gasteiger partial charge in [-0.1, -0.05) is 60.9 Å². The minimum absolute atomic E-state index is 0.531. The molecule has 118 valence electrons. The van der Waals surface area contributed by atoms with Crippen molar-refractivity contribution in [2.24, 2.45) is 0 Å². The third kappa shape index (κ3) is 4.08. The molecule has 0 aliphatic heterocycles. The molecule has 4 nitrogen and oxygen atoms in total. The summed E-state index contributed by atoms with van der Waals surface area (Å²) in [6.45, 7) is 7.07. The first kappa shape index (κ1) is 16.0. The van der Waals surface area contributed by atoms with E-state index >= 15 is 0 Å². The van der Waals surface area contributed by atoms with Crippen LogP contribution in [0.25, 0.3) is 11.5 Å². The smallest absolute Gasteiger partial charge is 0.277 e. The monoisotopic (exact) mass is 341 g/mol. The normalized spacial score (nSPS) is 11.6. The zero-order valence-corrected chi connectivity index (χ0v) is 15.3. The molecule has 0 bridgehead atoms. The Morgan fingerprint density at radius 1 is 0.957 bits per heavy atom. The molecule has 0 amide bonds. The molecular weight excluding hydrogens is 322 g/mol. The van der Waals surface area contributed by atoms with E-state index in [1.807, 2.05) is 12.1 Å². The predicted molar refractivity (Wildman–Crippen MR) is 96.5 cm³/mol. The van der Waals surface area contributed by atoms with E-state index in [2.05, 4.69) is 59.1 Å². The molecule has 0 radical (unpaired) electrons. The van der Waals surface area contributed by atoms with Crippen molar-refractivity contribution in [2.45, 2.75) is 30.6 Å². The number of hydrogen-bond acceptors (Lipinski definition) is 5. The summed E-state index contributed by atoms with van der Waals surface area (Å²) in [6.07, 6.45) is 3.43. The highest BCUT2D eigenvalue weighted by molar-refractivity contribution is 7.98. The molecule has 0 atom stereocenters. The maximum absolute atomic E-state index is 5.69. The third-order valence-corrected chi connectivity index (χ3v) is 6.47. The van der Waals surface area contributed by atoms with Gasteiger partial charge < -0.3 is 4.42 Å². The molecule has 0 N–H and O–H groups in total. The van der Waals surface area contributed by atoms with Crippen molar-refractivity contribution in [1.29, 1.82) is 0 Å². The van der Waals surface area contributed by atoms with E-state index < -0.39 is 8.07 Å². The summed E-state index contributed by atoms with van der Waals surface area (Å²) in [6, 6.07) is 12.6. The highest BCUT2D eigenvalue weighted by Crippen LogP contribution is 2.25. The van der Waals surface area contributed by atoms with Gasteiger partial charge in [-0.05, 0) is 17.7 Å². The summed E-state index contributed by atoms with van der Waals surface area (Å²) < 4.78 is 5.69. The van der Waals surface area contributed by atoms with Gasteiger partial charge in [-0.3, -0.25) is 4.98 Å². The largest absolute Gasteiger partial charge is 0.411 e. The maximum Gasteiger partial charge on any atom is 0.277 e. The lowest BCUT2D eigenvalue weighted by Gasteiger charge is -2.16. The summed E-state index contributed by atoms with van der Waals surface area (Å²) >= 11 is 1.56. The Balaban J connectivity index is 1.64. The summed E-state index contributed by atoms with van der Waals surface area (Å²) in [5.74, 6) is 1.35. The SMILES string of the molecule is C[Si](C)(C)c1ccc(CSc2nnc(-c3ccncc3)o2)cc1. The Bertz CT molecular complexity index is 767. The molecular formula is C17H19N3OSSi. The molecule has 0 aliphatic rings. The summed E-state index contributed by atoms with van der Waals surface area (Å²) in [7, 11) is -1.23. The standard InChI is InChI=1S/C17H19N3OSSi/c1-23(2,3)15-6-4-13(5-7-15)12-22-17-20-19-16(21-17)14-8-10-18-11-9-14/h4-11H,12H2,1-3H3. The van der Waals surface area contributed by atoms with Crippen LogP contribution < -0.4 is 5.19 Å². The van der Waals surface area contributed by atoms with Gasteiger partial charge >= 0.3 is 0 Å². The quantitative estimate of drug-likeness (QED) is 0.519. The van der Waals surface area contributed by atoms with Crippen LogP contribution in [0.4, 0.5) is 0 Å². The first-order chi connectivity index (χ1) is 11.0. The van der Waals surface area contributed by atoms with Crippen LogP contribution in [0.1, 0.15) is 5.56 Å². The van der Waals surface area contributed by atoms with Gasteiger partial charge in [-0.25, -0.2) is 0 Å². The molecule has 23 heavy (non-hydrogen) atoms. The van der Waals surface area contributed by atoms with Gasteiger partial charge in [0.15, 0.2) is 0 Å². The minimum Gasteiger partial charge on any atom is -0.411 e. The van der Waals surface area contributed by atoms with Gasteiger partial charge in [-0.2, -0.15) is 0 Å². The van der Waals surface area contributed by atoms with Crippen molar-refractivity contribution in [1.82, 2.24) is 15.2 Å². The molecule has 3 aromatic rings. The zero-order valence-electron chi connectivity index (χ0n) is 13.5. The maximum atomic E-state index is 5.69. The van der Waals surface area contributed by atoms with Crippen molar-refractivity contribution >= 4 is 25.0 Å². The molecule has 0 aliphatic carbocycles.